The fourth-order valence-electron chi connectivity index (χ4n) is 1.86. The molecule has 0 aliphatic rings. The molecule has 1 rings (SSSR count). The molecule has 0 heterocycles. The number of nitrogens with two attached hydrogens (primary N) is 2. The van der Waals surface area contributed by atoms with Crippen molar-refractivity contribution in [3.63, 3.8) is 0 Å². The highest BCUT2D eigenvalue weighted by molar-refractivity contribution is 5.93. The van der Waals surface area contributed by atoms with E-state index in [1.54, 1.807) is 18.2 Å². The molecule has 6 nitrogen and oxygen atoms in total. The van der Waals surface area contributed by atoms with E-state index in [0.29, 0.717) is 36.8 Å². The third-order valence-electron chi connectivity index (χ3n) is 2.99. The first-order chi connectivity index (χ1) is 9.79. The van der Waals surface area contributed by atoms with Crippen molar-refractivity contribution in [1.29, 1.82) is 0 Å². The van der Waals surface area contributed by atoms with Crippen molar-refractivity contribution < 1.29 is 9.59 Å². The smallest absolute Gasteiger partial charge is 0.248 e. The standard InChI is InChI=1S/C15H24N4O2/c1-10(2)7-18-14(20)9-19(3)8-12-5-4-11(15(17)21)6-13(12)16/h4-6,10H,7-9,16H2,1-3H3,(H2,17,21)(H,18,20). The topological polar surface area (TPSA) is 101 Å². The molecule has 21 heavy (non-hydrogen) atoms. The predicted octanol–water partition coefficient (Wildman–Crippen LogP) is 0.572. The van der Waals surface area contributed by atoms with Gasteiger partial charge in [-0.3, -0.25) is 14.5 Å². The molecule has 1 aromatic rings. The van der Waals surface area contributed by atoms with Crippen LogP contribution in [-0.4, -0.2) is 36.9 Å². The van der Waals surface area contributed by atoms with Crippen molar-refractivity contribution in [2.24, 2.45) is 11.7 Å². The zero-order valence-electron chi connectivity index (χ0n) is 12.8. The van der Waals surface area contributed by atoms with Crippen LogP contribution in [0.4, 0.5) is 5.69 Å². The Hall–Kier alpha value is -2.08. The fourth-order valence-corrected chi connectivity index (χ4v) is 1.86. The van der Waals surface area contributed by atoms with Crippen molar-refractivity contribution in [3.8, 4) is 0 Å². The largest absolute Gasteiger partial charge is 0.398 e. The van der Waals surface area contributed by atoms with Gasteiger partial charge in [0.05, 0.1) is 6.54 Å². The minimum absolute atomic E-state index is 0.0153. The monoisotopic (exact) mass is 292 g/mol. The summed E-state index contributed by atoms with van der Waals surface area (Å²) < 4.78 is 0. The maximum absolute atomic E-state index is 11.7. The Kier molecular flexibility index (Phi) is 6.17. The van der Waals surface area contributed by atoms with Gasteiger partial charge in [-0.25, -0.2) is 0 Å². The Bertz CT molecular complexity index is 514. The van der Waals surface area contributed by atoms with E-state index < -0.39 is 5.91 Å². The molecule has 1 aromatic carbocycles. The average Bonchev–Trinajstić information content (AvgIpc) is 2.38. The number of rotatable bonds is 7. The number of anilines is 1. The third kappa shape index (κ3) is 5.83. The number of carbonyl (C=O) groups is 2. The molecule has 5 N–H and O–H groups in total. The predicted molar refractivity (Wildman–Crippen MR) is 83.6 cm³/mol. The summed E-state index contributed by atoms with van der Waals surface area (Å²) >= 11 is 0. The molecule has 0 aliphatic heterocycles. The van der Waals surface area contributed by atoms with Crippen LogP contribution in [0.15, 0.2) is 18.2 Å². The summed E-state index contributed by atoms with van der Waals surface area (Å²) in [6.07, 6.45) is 0. The molecular formula is C15H24N4O2. The van der Waals surface area contributed by atoms with Crippen LogP contribution in [0.2, 0.25) is 0 Å². The van der Waals surface area contributed by atoms with E-state index in [1.165, 1.54) is 0 Å². The maximum Gasteiger partial charge on any atom is 0.248 e. The van der Waals surface area contributed by atoms with Gasteiger partial charge >= 0.3 is 0 Å². The van der Waals surface area contributed by atoms with Gasteiger partial charge < -0.3 is 16.8 Å². The summed E-state index contributed by atoms with van der Waals surface area (Å²) in [5.74, 6) is -0.0931. The Morgan fingerprint density at radius 2 is 2.00 bits per heavy atom. The average molecular weight is 292 g/mol. The van der Waals surface area contributed by atoms with E-state index in [2.05, 4.69) is 5.32 Å². The number of nitrogens with one attached hydrogen (secondary N) is 1. The summed E-state index contributed by atoms with van der Waals surface area (Å²) in [7, 11) is 1.84. The minimum atomic E-state index is -0.505. The van der Waals surface area contributed by atoms with Gasteiger partial charge in [-0.05, 0) is 30.7 Å². The molecule has 0 saturated heterocycles. The van der Waals surface area contributed by atoms with Crippen molar-refractivity contribution in [1.82, 2.24) is 10.2 Å². The molecular weight excluding hydrogens is 268 g/mol. The van der Waals surface area contributed by atoms with Crippen molar-refractivity contribution in [2.75, 3.05) is 25.9 Å². The van der Waals surface area contributed by atoms with Crippen LogP contribution in [0.5, 0.6) is 0 Å². The van der Waals surface area contributed by atoms with Crippen LogP contribution in [0.25, 0.3) is 0 Å². The molecule has 6 heteroatoms. The number of primary amides is 1. The van der Waals surface area contributed by atoms with Gasteiger partial charge in [0.1, 0.15) is 0 Å². The first kappa shape index (κ1) is 17.0. The van der Waals surface area contributed by atoms with Crippen LogP contribution in [0.3, 0.4) is 0 Å². The number of hydrogen-bond donors (Lipinski definition) is 3. The Labute approximate surface area is 125 Å². The van der Waals surface area contributed by atoms with E-state index in [4.69, 9.17) is 11.5 Å². The molecule has 0 aromatic heterocycles. The van der Waals surface area contributed by atoms with Crippen LogP contribution >= 0.6 is 0 Å². The summed E-state index contributed by atoms with van der Waals surface area (Å²) in [6.45, 7) is 5.59. The van der Waals surface area contributed by atoms with Crippen LogP contribution in [0.1, 0.15) is 29.8 Å². The summed E-state index contributed by atoms with van der Waals surface area (Å²) in [4.78, 5) is 24.7. The van der Waals surface area contributed by atoms with Gasteiger partial charge in [0.2, 0.25) is 11.8 Å². The van der Waals surface area contributed by atoms with Crippen molar-refractivity contribution >= 4 is 17.5 Å². The quantitative estimate of drug-likeness (QED) is 0.639. The fraction of sp³-hybridized carbons (Fsp3) is 0.467. The molecule has 0 spiro atoms. The lowest BCUT2D eigenvalue weighted by atomic mass is 10.1. The Balaban J connectivity index is 2.56. The van der Waals surface area contributed by atoms with Crippen molar-refractivity contribution in [3.05, 3.63) is 29.3 Å². The summed E-state index contributed by atoms with van der Waals surface area (Å²) in [5, 5.41) is 2.86. The van der Waals surface area contributed by atoms with E-state index in [-0.39, 0.29) is 5.91 Å². The second kappa shape index (κ2) is 7.64. The van der Waals surface area contributed by atoms with Crippen LogP contribution < -0.4 is 16.8 Å². The maximum atomic E-state index is 11.7. The summed E-state index contributed by atoms with van der Waals surface area (Å²) in [6, 6.07) is 4.96. The lowest BCUT2D eigenvalue weighted by Crippen LogP contribution is -2.36. The number of amides is 2. The highest BCUT2D eigenvalue weighted by Crippen LogP contribution is 2.15. The highest BCUT2D eigenvalue weighted by Gasteiger charge is 2.10. The number of benzene rings is 1. The second-order valence-corrected chi connectivity index (χ2v) is 5.65. The molecule has 0 saturated carbocycles. The molecule has 0 fully saturated rings. The number of hydrogen-bond acceptors (Lipinski definition) is 4. The first-order valence-electron chi connectivity index (χ1n) is 6.93. The molecule has 0 unspecified atom stereocenters. The molecule has 0 bridgehead atoms. The van der Waals surface area contributed by atoms with E-state index in [9.17, 15) is 9.59 Å². The number of carbonyl (C=O) groups excluding carboxylic acids is 2. The number of nitrogens with zero attached hydrogens (tertiary/aromatic N) is 1. The van der Waals surface area contributed by atoms with Gasteiger partial charge in [-0.2, -0.15) is 0 Å². The number of likely N-dealkylation sites (N-methyl/N-ethyl adjacent to an activating group) is 1. The zero-order valence-corrected chi connectivity index (χ0v) is 12.8. The highest BCUT2D eigenvalue weighted by atomic mass is 16.2. The molecule has 0 aliphatic carbocycles. The third-order valence-corrected chi connectivity index (χ3v) is 2.99. The van der Waals surface area contributed by atoms with Crippen LogP contribution in [-0.2, 0) is 11.3 Å². The molecule has 0 radical (unpaired) electrons. The SMILES string of the molecule is CC(C)CNC(=O)CN(C)Cc1ccc(C(N)=O)cc1N. The summed E-state index contributed by atoms with van der Waals surface area (Å²) in [5.41, 5.74) is 12.8. The van der Waals surface area contributed by atoms with E-state index in [0.717, 1.165) is 5.56 Å². The van der Waals surface area contributed by atoms with E-state index in [1.807, 2.05) is 25.8 Å². The second-order valence-electron chi connectivity index (χ2n) is 5.65. The number of nitrogen functional groups attached to an aromatic ring is 1. The van der Waals surface area contributed by atoms with Gasteiger partial charge in [0, 0.05) is 24.3 Å². The van der Waals surface area contributed by atoms with Crippen molar-refractivity contribution in [2.45, 2.75) is 20.4 Å². The van der Waals surface area contributed by atoms with Gasteiger partial charge in [0.15, 0.2) is 0 Å². The molecule has 0 atom stereocenters. The molecule has 2 amide bonds. The Morgan fingerprint density at radius 3 is 2.52 bits per heavy atom. The normalized spacial score (nSPS) is 10.9. The Morgan fingerprint density at radius 1 is 1.33 bits per heavy atom. The van der Waals surface area contributed by atoms with E-state index >= 15 is 0 Å². The minimum Gasteiger partial charge on any atom is -0.398 e. The zero-order chi connectivity index (χ0) is 16.0. The van der Waals surface area contributed by atoms with Crippen LogP contribution in [0, 0.1) is 5.92 Å². The van der Waals surface area contributed by atoms with Gasteiger partial charge in [0.25, 0.3) is 0 Å². The van der Waals surface area contributed by atoms with Gasteiger partial charge in [-0.1, -0.05) is 19.9 Å². The lowest BCUT2D eigenvalue weighted by Gasteiger charge is -2.18. The van der Waals surface area contributed by atoms with Gasteiger partial charge in [-0.15, -0.1) is 0 Å². The molecule has 116 valence electrons. The first-order valence-corrected chi connectivity index (χ1v) is 6.93. The lowest BCUT2D eigenvalue weighted by molar-refractivity contribution is -0.122.